The van der Waals surface area contributed by atoms with E-state index in [1.165, 1.54) is 4.68 Å². The molecule has 0 atom stereocenters. The summed E-state index contributed by atoms with van der Waals surface area (Å²) in [5.41, 5.74) is 0.574. The number of aliphatic hydroxyl groups excluding tert-OH is 1. The Morgan fingerprint density at radius 2 is 2.40 bits per heavy atom. The number of esters is 1. The minimum Gasteiger partial charge on any atom is -0.461 e. The van der Waals surface area contributed by atoms with Crippen molar-refractivity contribution in [3.05, 3.63) is 11.4 Å². The zero-order valence-electron chi connectivity index (χ0n) is 8.31. The van der Waals surface area contributed by atoms with E-state index in [4.69, 9.17) is 21.4 Å². The zero-order chi connectivity index (χ0) is 11.3. The Balaban J connectivity index is 2.92. The van der Waals surface area contributed by atoms with Gasteiger partial charge in [-0.25, -0.2) is 9.48 Å². The highest BCUT2D eigenvalue weighted by Gasteiger charge is 2.19. The number of hydrogen-bond acceptors (Lipinski definition) is 5. The normalized spacial score (nSPS) is 10.3. The smallest absolute Gasteiger partial charge is 0.360 e. The summed E-state index contributed by atoms with van der Waals surface area (Å²) < 4.78 is 6.17. The standard InChI is InChI=1S/C8H12ClN3O3/c1-2-15-8(14)7-6(5-9)12(3-4-13)11-10-7/h13H,2-5H2,1H3. The molecule has 1 N–H and O–H groups in total. The third-order valence-corrected chi connectivity index (χ3v) is 2.00. The first kappa shape index (κ1) is 11.9. The van der Waals surface area contributed by atoms with Crippen molar-refractivity contribution in [3.8, 4) is 0 Å². The predicted octanol–water partition coefficient (Wildman–Crippen LogP) is 0.186. The summed E-state index contributed by atoms with van der Waals surface area (Å²) >= 11 is 5.67. The van der Waals surface area contributed by atoms with Gasteiger partial charge in [0.1, 0.15) is 0 Å². The molecule has 0 aliphatic rings. The number of ether oxygens (including phenoxy) is 1. The van der Waals surface area contributed by atoms with Gasteiger partial charge >= 0.3 is 5.97 Å². The molecule has 1 aromatic rings. The third-order valence-electron chi connectivity index (χ3n) is 1.74. The highest BCUT2D eigenvalue weighted by molar-refractivity contribution is 6.17. The van der Waals surface area contributed by atoms with Crippen LogP contribution in [0.25, 0.3) is 0 Å². The van der Waals surface area contributed by atoms with Crippen molar-refractivity contribution >= 4 is 17.6 Å². The molecule has 0 aliphatic carbocycles. The molecule has 0 bridgehead atoms. The summed E-state index contributed by atoms with van der Waals surface area (Å²) in [5.74, 6) is -0.446. The maximum Gasteiger partial charge on any atom is 0.360 e. The van der Waals surface area contributed by atoms with E-state index in [2.05, 4.69) is 10.3 Å². The molecule has 0 saturated heterocycles. The van der Waals surface area contributed by atoms with Gasteiger partial charge in [0, 0.05) is 0 Å². The second-order valence-electron chi connectivity index (χ2n) is 2.69. The van der Waals surface area contributed by atoms with Crippen molar-refractivity contribution in [3.63, 3.8) is 0 Å². The average Bonchev–Trinajstić information content (AvgIpc) is 2.62. The summed E-state index contributed by atoms with van der Waals surface area (Å²) in [6, 6.07) is 0. The number of alkyl halides is 1. The first-order valence-electron chi connectivity index (χ1n) is 4.50. The fourth-order valence-electron chi connectivity index (χ4n) is 1.10. The maximum absolute atomic E-state index is 11.4. The molecule has 0 radical (unpaired) electrons. The number of carbonyl (C=O) groups excluding carboxylic acids is 1. The highest BCUT2D eigenvalue weighted by atomic mass is 35.5. The minimum atomic E-state index is -0.544. The molecule has 1 rings (SSSR count). The molecule has 0 fully saturated rings. The Hall–Kier alpha value is -1.14. The van der Waals surface area contributed by atoms with E-state index in [1.807, 2.05) is 0 Å². The van der Waals surface area contributed by atoms with Crippen LogP contribution < -0.4 is 0 Å². The first-order valence-corrected chi connectivity index (χ1v) is 5.04. The second kappa shape index (κ2) is 5.67. The number of aliphatic hydroxyl groups is 1. The Morgan fingerprint density at radius 1 is 1.67 bits per heavy atom. The monoisotopic (exact) mass is 233 g/mol. The highest BCUT2D eigenvalue weighted by Crippen LogP contribution is 2.10. The summed E-state index contributed by atoms with van der Waals surface area (Å²) in [4.78, 5) is 11.4. The predicted molar refractivity (Wildman–Crippen MR) is 52.6 cm³/mol. The molecule has 0 unspecified atom stereocenters. The molecule has 0 amide bonds. The molecule has 7 heteroatoms. The van der Waals surface area contributed by atoms with Crippen LogP contribution >= 0.6 is 11.6 Å². The summed E-state index contributed by atoms with van der Waals surface area (Å²) in [6.45, 7) is 2.15. The van der Waals surface area contributed by atoms with Gasteiger partial charge in [-0.15, -0.1) is 16.7 Å². The molecule has 15 heavy (non-hydrogen) atoms. The van der Waals surface area contributed by atoms with Crippen molar-refractivity contribution in [2.24, 2.45) is 0 Å². The number of hydrogen-bond donors (Lipinski definition) is 1. The van der Waals surface area contributed by atoms with Crippen LogP contribution in [0, 0.1) is 0 Å². The van der Waals surface area contributed by atoms with Crippen LogP contribution in [0.2, 0.25) is 0 Å². The average molecular weight is 234 g/mol. The van der Waals surface area contributed by atoms with Crippen LogP contribution in [-0.2, 0) is 17.2 Å². The lowest BCUT2D eigenvalue weighted by molar-refractivity contribution is 0.0518. The molecule has 0 aromatic carbocycles. The fraction of sp³-hybridized carbons (Fsp3) is 0.625. The van der Waals surface area contributed by atoms with E-state index < -0.39 is 5.97 Å². The lowest BCUT2D eigenvalue weighted by Crippen LogP contribution is -2.11. The van der Waals surface area contributed by atoms with Crippen LogP contribution in [-0.4, -0.2) is 39.3 Å². The quantitative estimate of drug-likeness (QED) is 0.580. The van der Waals surface area contributed by atoms with Gasteiger partial charge < -0.3 is 9.84 Å². The number of carbonyl (C=O) groups is 1. The van der Waals surface area contributed by atoms with Gasteiger partial charge in [0.2, 0.25) is 0 Å². The largest absolute Gasteiger partial charge is 0.461 e. The minimum absolute atomic E-state index is 0.0878. The van der Waals surface area contributed by atoms with Gasteiger partial charge in [-0.1, -0.05) is 5.21 Å². The molecule has 1 aromatic heterocycles. The van der Waals surface area contributed by atoms with Crippen LogP contribution in [0.3, 0.4) is 0 Å². The molecular formula is C8H12ClN3O3. The van der Waals surface area contributed by atoms with Crippen molar-refractivity contribution in [1.82, 2.24) is 15.0 Å². The lowest BCUT2D eigenvalue weighted by Gasteiger charge is -2.02. The maximum atomic E-state index is 11.4. The number of nitrogens with zero attached hydrogens (tertiary/aromatic N) is 3. The van der Waals surface area contributed by atoms with Crippen LogP contribution in [0.15, 0.2) is 0 Å². The van der Waals surface area contributed by atoms with Gasteiger partial charge in [-0.05, 0) is 6.92 Å². The van der Waals surface area contributed by atoms with E-state index >= 15 is 0 Å². The van der Waals surface area contributed by atoms with Gasteiger partial charge in [0.15, 0.2) is 5.69 Å². The van der Waals surface area contributed by atoms with Crippen molar-refractivity contribution < 1.29 is 14.6 Å². The number of aromatic nitrogens is 3. The van der Waals surface area contributed by atoms with E-state index in [0.29, 0.717) is 5.69 Å². The molecule has 0 spiro atoms. The van der Waals surface area contributed by atoms with Crippen LogP contribution in [0.1, 0.15) is 23.1 Å². The van der Waals surface area contributed by atoms with Gasteiger partial charge in [-0.2, -0.15) is 0 Å². The molecular weight excluding hydrogens is 222 g/mol. The van der Waals surface area contributed by atoms with Crippen LogP contribution in [0.4, 0.5) is 0 Å². The van der Waals surface area contributed by atoms with E-state index in [9.17, 15) is 4.79 Å². The lowest BCUT2D eigenvalue weighted by atomic mass is 10.3. The van der Waals surface area contributed by atoms with E-state index in [0.717, 1.165) is 0 Å². The van der Waals surface area contributed by atoms with Crippen LogP contribution in [0.5, 0.6) is 0 Å². The molecule has 84 valence electrons. The fourth-order valence-corrected chi connectivity index (χ4v) is 1.36. The third kappa shape index (κ3) is 2.66. The van der Waals surface area contributed by atoms with Crippen molar-refractivity contribution in [1.29, 1.82) is 0 Å². The van der Waals surface area contributed by atoms with Crippen molar-refractivity contribution in [2.75, 3.05) is 13.2 Å². The van der Waals surface area contributed by atoms with Gasteiger partial charge in [0.25, 0.3) is 0 Å². The first-order chi connectivity index (χ1) is 7.24. The zero-order valence-corrected chi connectivity index (χ0v) is 9.07. The van der Waals surface area contributed by atoms with E-state index in [-0.39, 0.29) is 31.3 Å². The SMILES string of the molecule is CCOC(=O)c1nnn(CCO)c1CCl. The Morgan fingerprint density at radius 3 is 2.93 bits per heavy atom. The number of halogens is 1. The second-order valence-corrected chi connectivity index (χ2v) is 2.95. The molecule has 0 aliphatic heterocycles. The number of rotatable bonds is 5. The summed E-state index contributed by atoms with van der Waals surface area (Å²) in [6.07, 6.45) is 0. The van der Waals surface area contributed by atoms with Crippen molar-refractivity contribution in [2.45, 2.75) is 19.3 Å². The molecule has 6 nitrogen and oxygen atoms in total. The Labute approximate surface area is 91.8 Å². The van der Waals surface area contributed by atoms with E-state index in [1.54, 1.807) is 6.92 Å². The topological polar surface area (TPSA) is 77.2 Å². The van der Waals surface area contributed by atoms with Gasteiger partial charge in [-0.3, -0.25) is 0 Å². The Kier molecular flexibility index (Phi) is 4.51. The Bertz CT molecular complexity index is 340. The molecule has 0 saturated carbocycles. The summed E-state index contributed by atoms with van der Waals surface area (Å²) in [5, 5.41) is 16.1. The molecule has 1 heterocycles. The van der Waals surface area contributed by atoms with Gasteiger partial charge in [0.05, 0.1) is 31.3 Å². The summed E-state index contributed by atoms with van der Waals surface area (Å²) in [7, 11) is 0.